The van der Waals surface area contributed by atoms with Gasteiger partial charge in [0.2, 0.25) is 5.69 Å². The summed E-state index contributed by atoms with van der Waals surface area (Å²) in [6.45, 7) is 9.14. The van der Waals surface area contributed by atoms with Gasteiger partial charge in [-0.3, -0.25) is 0 Å². The lowest BCUT2D eigenvalue weighted by Gasteiger charge is -2.17. The van der Waals surface area contributed by atoms with Gasteiger partial charge in [-0.15, -0.1) is 0 Å². The van der Waals surface area contributed by atoms with E-state index in [-0.39, 0.29) is 11.6 Å². The van der Waals surface area contributed by atoms with E-state index in [9.17, 15) is 8.78 Å². The van der Waals surface area contributed by atoms with Crippen molar-refractivity contribution in [2.24, 2.45) is 7.05 Å². The van der Waals surface area contributed by atoms with Gasteiger partial charge in [0.15, 0.2) is 6.20 Å². The Morgan fingerprint density at radius 1 is 0.652 bits per heavy atom. The third-order valence-corrected chi connectivity index (χ3v) is 11.3. The molecule has 8 aromatic rings. The summed E-state index contributed by atoms with van der Waals surface area (Å²) in [7, 11) is 0.625. The van der Waals surface area contributed by atoms with Crippen LogP contribution in [-0.2, 0) is 7.05 Å². The fraction of sp³-hybridized carbons (Fsp3) is 0.125. The Morgan fingerprint density at radius 2 is 1.30 bits per heavy atom. The minimum absolute atomic E-state index is 0.273. The van der Waals surface area contributed by atoms with E-state index in [0.29, 0.717) is 11.2 Å². The summed E-state index contributed by atoms with van der Waals surface area (Å²) in [4.78, 5) is 0. The van der Waals surface area contributed by atoms with Crippen molar-refractivity contribution in [2.45, 2.75) is 26.6 Å². The van der Waals surface area contributed by atoms with Crippen LogP contribution in [0.1, 0.15) is 5.56 Å². The number of rotatable bonds is 4. The molecule has 0 unspecified atom stereocenters. The molecule has 0 N–H and O–H groups in total. The number of benzene rings is 5. The highest BCUT2D eigenvalue weighted by molar-refractivity contribution is 6.88. The lowest BCUT2D eigenvalue weighted by atomic mass is 10.00. The molecule has 3 heterocycles. The van der Waals surface area contributed by atoms with Crippen LogP contribution in [0.25, 0.3) is 71.8 Å². The predicted molar refractivity (Wildman–Crippen MR) is 188 cm³/mol. The monoisotopic (exact) mass is 623 g/mol. The molecule has 0 fully saturated rings. The molecule has 0 saturated carbocycles. The first-order chi connectivity index (χ1) is 22.1. The number of nitrogens with zero attached hydrogens (tertiary/aromatic N) is 2. The highest BCUT2D eigenvalue weighted by atomic mass is 28.3. The number of aryl methyl sites for hydroxylation is 2. The van der Waals surface area contributed by atoms with Crippen molar-refractivity contribution in [2.75, 3.05) is 0 Å². The molecular formula is C40H33F2N2OSi+. The highest BCUT2D eigenvalue weighted by Gasteiger charge is 2.25. The molecule has 0 aliphatic rings. The quantitative estimate of drug-likeness (QED) is 0.141. The number of pyridine rings is 1. The van der Waals surface area contributed by atoms with Crippen molar-refractivity contribution < 1.29 is 17.8 Å². The maximum absolute atomic E-state index is 14.7. The van der Waals surface area contributed by atoms with Crippen LogP contribution in [0, 0.1) is 18.6 Å². The van der Waals surface area contributed by atoms with Crippen molar-refractivity contribution in [3.05, 3.63) is 127 Å². The van der Waals surface area contributed by atoms with E-state index in [1.54, 1.807) is 12.1 Å². The van der Waals surface area contributed by atoms with Crippen LogP contribution in [0.5, 0.6) is 0 Å². The largest absolute Gasteiger partial charge is 0.455 e. The Bertz CT molecular complexity index is 2480. The molecule has 0 bridgehead atoms. The van der Waals surface area contributed by atoms with Gasteiger partial charge in [-0.2, -0.15) is 0 Å². The second-order valence-electron chi connectivity index (χ2n) is 13.3. The summed E-state index contributed by atoms with van der Waals surface area (Å²) in [5.41, 5.74) is 9.36. The molecule has 226 valence electrons. The normalized spacial score (nSPS) is 12.2. The summed E-state index contributed by atoms with van der Waals surface area (Å²) in [6, 6.07) is 33.5. The van der Waals surface area contributed by atoms with Gasteiger partial charge in [-0.1, -0.05) is 73.4 Å². The Hall–Kier alpha value is -5.07. The Balaban J connectivity index is 1.33. The summed E-state index contributed by atoms with van der Waals surface area (Å²) in [5, 5.41) is 5.05. The molecule has 0 atom stereocenters. The fourth-order valence-corrected chi connectivity index (χ4v) is 7.97. The zero-order valence-electron chi connectivity index (χ0n) is 26.5. The number of aromatic nitrogens is 2. The van der Waals surface area contributed by atoms with Gasteiger partial charge >= 0.3 is 0 Å². The van der Waals surface area contributed by atoms with Crippen molar-refractivity contribution in [3.63, 3.8) is 0 Å². The molecule has 0 amide bonds. The average Bonchev–Trinajstić information content (AvgIpc) is 3.54. The molecule has 0 aliphatic heterocycles. The van der Waals surface area contributed by atoms with Gasteiger partial charge in [0.05, 0.1) is 30.1 Å². The van der Waals surface area contributed by atoms with E-state index < -0.39 is 8.07 Å². The second kappa shape index (κ2) is 10.2. The fourth-order valence-electron chi connectivity index (χ4n) is 6.80. The first kappa shape index (κ1) is 28.4. The minimum Gasteiger partial charge on any atom is -0.455 e. The van der Waals surface area contributed by atoms with E-state index in [0.717, 1.165) is 60.6 Å². The molecule has 3 aromatic heterocycles. The van der Waals surface area contributed by atoms with Crippen LogP contribution in [0.2, 0.25) is 19.6 Å². The zero-order chi connectivity index (χ0) is 31.9. The van der Waals surface area contributed by atoms with Crippen molar-refractivity contribution >= 4 is 57.0 Å². The lowest BCUT2D eigenvalue weighted by molar-refractivity contribution is -0.659. The number of halogens is 2. The van der Waals surface area contributed by atoms with E-state index in [1.807, 2.05) is 19.2 Å². The van der Waals surface area contributed by atoms with Gasteiger partial charge in [-0.25, -0.2) is 13.3 Å². The standard InChI is InChI=1S/C40H33F2N2OSi/c1-24-6-17-32-31-18-11-28(42)21-38(31)45-40(32)39(24)37-22-36-34(23-43(37)2)33-20-27(41)12-19-35(33)44(36)29-13-7-25(8-14-29)26-9-15-30(16-10-26)46(3,4)5/h6-23H,1-5H3/q+1. The van der Waals surface area contributed by atoms with E-state index >= 15 is 0 Å². The van der Waals surface area contributed by atoms with Gasteiger partial charge in [-0.05, 0) is 66.1 Å². The molecule has 46 heavy (non-hydrogen) atoms. The number of hydrogen-bond acceptors (Lipinski definition) is 1. The summed E-state index contributed by atoms with van der Waals surface area (Å²) >= 11 is 0. The van der Waals surface area contributed by atoms with Gasteiger partial charge < -0.3 is 8.98 Å². The first-order valence-corrected chi connectivity index (χ1v) is 19.0. The summed E-state index contributed by atoms with van der Waals surface area (Å²) in [5.74, 6) is -0.603. The summed E-state index contributed by atoms with van der Waals surface area (Å²) in [6.07, 6.45) is 2.07. The van der Waals surface area contributed by atoms with Crippen LogP contribution in [-0.4, -0.2) is 12.6 Å². The van der Waals surface area contributed by atoms with Gasteiger partial charge in [0, 0.05) is 34.0 Å². The summed E-state index contributed by atoms with van der Waals surface area (Å²) < 4.78 is 39.4. The van der Waals surface area contributed by atoms with Crippen LogP contribution < -0.4 is 9.75 Å². The molecule has 3 nitrogen and oxygen atoms in total. The first-order valence-electron chi connectivity index (χ1n) is 15.5. The minimum atomic E-state index is -1.38. The topological polar surface area (TPSA) is 21.9 Å². The number of hydrogen-bond donors (Lipinski definition) is 0. The number of furan rings is 1. The molecular weight excluding hydrogens is 591 g/mol. The number of fused-ring (bicyclic) bond motifs is 6. The highest BCUT2D eigenvalue weighted by Crippen LogP contribution is 2.39. The third kappa shape index (κ3) is 4.47. The third-order valence-electron chi connectivity index (χ3n) is 9.26. The Kier molecular flexibility index (Phi) is 6.31. The van der Waals surface area contributed by atoms with Crippen LogP contribution >= 0.6 is 0 Å². The molecule has 0 radical (unpaired) electrons. The van der Waals surface area contributed by atoms with Crippen molar-refractivity contribution in [1.82, 2.24) is 4.57 Å². The SMILES string of the molecule is Cc1ccc2c(oc3cc(F)ccc32)c1-c1cc2c(c[n+]1C)c1cc(F)ccc1n2-c1ccc(-c2ccc([Si](C)(C)C)cc2)cc1. The Morgan fingerprint density at radius 3 is 2.02 bits per heavy atom. The maximum Gasteiger partial charge on any atom is 0.218 e. The van der Waals surface area contributed by atoms with Crippen LogP contribution in [0.4, 0.5) is 8.78 Å². The zero-order valence-corrected chi connectivity index (χ0v) is 27.5. The Labute approximate surface area is 267 Å². The van der Waals surface area contributed by atoms with Crippen molar-refractivity contribution in [3.8, 4) is 28.1 Å². The molecule has 0 saturated heterocycles. The van der Waals surface area contributed by atoms with E-state index in [1.165, 1.54) is 28.9 Å². The van der Waals surface area contributed by atoms with Crippen LogP contribution in [0.3, 0.4) is 0 Å². The molecule has 5 aromatic carbocycles. The molecule has 8 rings (SSSR count). The van der Waals surface area contributed by atoms with Gasteiger partial charge in [0.1, 0.15) is 29.8 Å². The average molecular weight is 624 g/mol. The molecule has 6 heteroatoms. The predicted octanol–water partition coefficient (Wildman–Crippen LogP) is 9.97. The smallest absolute Gasteiger partial charge is 0.218 e. The van der Waals surface area contributed by atoms with Crippen molar-refractivity contribution in [1.29, 1.82) is 0 Å². The van der Waals surface area contributed by atoms with Gasteiger partial charge in [0.25, 0.3) is 0 Å². The molecule has 0 spiro atoms. The van der Waals surface area contributed by atoms with Crippen LogP contribution in [0.15, 0.2) is 114 Å². The lowest BCUT2D eigenvalue weighted by Crippen LogP contribution is -2.37. The second-order valence-corrected chi connectivity index (χ2v) is 18.4. The molecule has 0 aliphatic carbocycles. The maximum atomic E-state index is 14.7. The van der Waals surface area contributed by atoms with E-state index in [4.69, 9.17) is 4.42 Å². The van der Waals surface area contributed by atoms with E-state index in [2.05, 4.69) is 103 Å².